The van der Waals surface area contributed by atoms with Gasteiger partial charge in [0.1, 0.15) is 5.75 Å². The van der Waals surface area contributed by atoms with Crippen molar-refractivity contribution in [3.63, 3.8) is 0 Å². The maximum absolute atomic E-state index is 12.4. The van der Waals surface area contributed by atoms with E-state index in [1.165, 1.54) is 5.69 Å². The van der Waals surface area contributed by atoms with E-state index in [-0.39, 0.29) is 12.6 Å². The van der Waals surface area contributed by atoms with Crippen LogP contribution in [0.1, 0.15) is 6.92 Å². The highest BCUT2D eigenvalue weighted by molar-refractivity contribution is 5.89. The molecule has 0 atom stereocenters. The van der Waals surface area contributed by atoms with Gasteiger partial charge in [-0.25, -0.2) is 9.59 Å². The van der Waals surface area contributed by atoms with Gasteiger partial charge < -0.3 is 24.6 Å². The molecular formula is C20H23N3O4. The van der Waals surface area contributed by atoms with Crippen LogP contribution in [0, 0.1) is 0 Å². The second kappa shape index (κ2) is 8.93. The van der Waals surface area contributed by atoms with Crippen LogP contribution >= 0.6 is 0 Å². The maximum Gasteiger partial charge on any atom is 0.513 e. The third kappa shape index (κ3) is 5.13. The molecule has 1 N–H and O–H groups in total. The van der Waals surface area contributed by atoms with Gasteiger partial charge in [-0.2, -0.15) is 0 Å². The number of ether oxygens (including phenoxy) is 2. The van der Waals surface area contributed by atoms with Crippen LogP contribution in [0.2, 0.25) is 0 Å². The molecule has 2 amide bonds. The Labute approximate surface area is 158 Å². The Morgan fingerprint density at radius 2 is 1.63 bits per heavy atom. The number of amides is 2. The highest BCUT2D eigenvalue weighted by atomic mass is 16.7. The Bertz CT molecular complexity index is 757. The van der Waals surface area contributed by atoms with E-state index < -0.39 is 6.16 Å². The van der Waals surface area contributed by atoms with Crippen molar-refractivity contribution in [2.75, 3.05) is 43.0 Å². The summed E-state index contributed by atoms with van der Waals surface area (Å²) in [6.45, 7) is 4.87. The van der Waals surface area contributed by atoms with Crippen molar-refractivity contribution in [2.45, 2.75) is 6.92 Å². The molecule has 1 aliphatic heterocycles. The molecular weight excluding hydrogens is 346 g/mol. The van der Waals surface area contributed by atoms with Gasteiger partial charge in [-0.1, -0.05) is 18.2 Å². The number of carbonyl (C=O) groups is 2. The first kappa shape index (κ1) is 18.6. The van der Waals surface area contributed by atoms with E-state index in [2.05, 4.69) is 22.3 Å². The Morgan fingerprint density at radius 3 is 2.26 bits per heavy atom. The predicted octanol–water partition coefficient (Wildman–Crippen LogP) is 3.58. The number of benzene rings is 2. The first-order chi connectivity index (χ1) is 13.2. The van der Waals surface area contributed by atoms with Crippen molar-refractivity contribution in [1.29, 1.82) is 0 Å². The number of anilines is 2. The Hall–Kier alpha value is -3.22. The summed E-state index contributed by atoms with van der Waals surface area (Å²) >= 11 is 0. The molecule has 1 heterocycles. The minimum absolute atomic E-state index is 0.137. The van der Waals surface area contributed by atoms with Crippen LogP contribution in [0.4, 0.5) is 21.0 Å². The molecule has 0 saturated carbocycles. The third-order valence-electron chi connectivity index (χ3n) is 4.26. The lowest BCUT2D eigenvalue weighted by atomic mass is 10.2. The van der Waals surface area contributed by atoms with Crippen LogP contribution in [-0.2, 0) is 4.74 Å². The number of nitrogens with zero attached hydrogens (tertiary/aromatic N) is 2. The van der Waals surface area contributed by atoms with Crippen molar-refractivity contribution in [3.05, 3.63) is 54.6 Å². The number of para-hydroxylation sites is 1. The van der Waals surface area contributed by atoms with Gasteiger partial charge in [-0.05, 0) is 43.3 Å². The zero-order valence-corrected chi connectivity index (χ0v) is 15.3. The van der Waals surface area contributed by atoms with Crippen LogP contribution in [-0.4, -0.2) is 49.9 Å². The lowest BCUT2D eigenvalue weighted by Gasteiger charge is -2.36. The fraction of sp³-hybridized carbons (Fsp3) is 0.300. The zero-order chi connectivity index (χ0) is 19.1. The quantitative estimate of drug-likeness (QED) is 0.659. The minimum Gasteiger partial charge on any atom is -0.434 e. The lowest BCUT2D eigenvalue weighted by molar-refractivity contribution is 0.104. The van der Waals surface area contributed by atoms with Crippen LogP contribution in [0.15, 0.2) is 54.6 Å². The number of hydrogen-bond acceptors (Lipinski definition) is 5. The normalized spacial score (nSPS) is 13.8. The maximum atomic E-state index is 12.4. The Morgan fingerprint density at radius 1 is 0.963 bits per heavy atom. The van der Waals surface area contributed by atoms with E-state index in [4.69, 9.17) is 9.47 Å². The minimum atomic E-state index is -0.745. The van der Waals surface area contributed by atoms with E-state index in [1.54, 1.807) is 36.1 Å². The second-order valence-electron chi connectivity index (χ2n) is 6.05. The molecule has 2 aromatic carbocycles. The van der Waals surface area contributed by atoms with Gasteiger partial charge in [0, 0.05) is 37.6 Å². The first-order valence-corrected chi connectivity index (χ1v) is 8.96. The van der Waals surface area contributed by atoms with Crippen molar-refractivity contribution >= 4 is 23.6 Å². The summed E-state index contributed by atoms with van der Waals surface area (Å²) in [4.78, 5) is 27.8. The van der Waals surface area contributed by atoms with E-state index in [0.29, 0.717) is 24.5 Å². The highest BCUT2D eigenvalue weighted by Crippen LogP contribution is 2.18. The van der Waals surface area contributed by atoms with Crippen LogP contribution in [0.5, 0.6) is 5.75 Å². The van der Waals surface area contributed by atoms with Crippen LogP contribution < -0.4 is 15.0 Å². The fourth-order valence-corrected chi connectivity index (χ4v) is 2.86. The summed E-state index contributed by atoms with van der Waals surface area (Å²) in [7, 11) is 0. The van der Waals surface area contributed by atoms with Crippen molar-refractivity contribution in [3.8, 4) is 5.75 Å². The molecule has 7 nitrogen and oxygen atoms in total. The summed E-state index contributed by atoms with van der Waals surface area (Å²) in [5.41, 5.74) is 1.82. The molecule has 1 fully saturated rings. The molecule has 0 spiro atoms. The lowest BCUT2D eigenvalue weighted by Crippen LogP contribution is -2.50. The van der Waals surface area contributed by atoms with Gasteiger partial charge in [0.2, 0.25) is 0 Å². The van der Waals surface area contributed by atoms with E-state index >= 15 is 0 Å². The smallest absolute Gasteiger partial charge is 0.434 e. The van der Waals surface area contributed by atoms with E-state index in [9.17, 15) is 9.59 Å². The number of rotatable bonds is 4. The standard InChI is InChI=1S/C20H23N3O4/c1-2-26-20(25)27-18-10-8-16(9-11-18)21-19(24)23-14-12-22(13-15-23)17-6-4-3-5-7-17/h3-11H,2,12-15H2,1H3,(H,21,24). The van der Waals surface area contributed by atoms with Gasteiger partial charge >= 0.3 is 12.2 Å². The van der Waals surface area contributed by atoms with Gasteiger partial charge in [-0.15, -0.1) is 0 Å². The number of carbonyl (C=O) groups excluding carboxylic acids is 2. The molecule has 0 aliphatic carbocycles. The second-order valence-corrected chi connectivity index (χ2v) is 6.05. The largest absolute Gasteiger partial charge is 0.513 e. The van der Waals surface area contributed by atoms with E-state index in [0.717, 1.165) is 13.1 Å². The fourth-order valence-electron chi connectivity index (χ4n) is 2.86. The first-order valence-electron chi connectivity index (χ1n) is 8.96. The summed E-state index contributed by atoms with van der Waals surface area (Å²) in [6.07, 6.45) is -0.745. The average Bonchev–Trinajstić information content (AvgIpc) is 2.70. The molecule has 7 heteroatoms. The molecule has 0 radical (unpaired) electrons. The van der Waals surface area contributed by atoms with Gasteiger partial charge in [0.05, 0.1) is 6.61 Å². The molecule has 2 aromatic rings. The van der Waals surface area contributed by atoms with Gasteiger partial charge in [-0.3, -0.25) is 0 Å². The third-order valence-corrected chi connectivity index (χ3v) is 4.26. The average molecular weight is 369 g/mol. The Balaban J connectivity index is 1.49. The number of nitrogens with one attached hydrogen (secondary N) is 1. The van der Waals surface area contributed by atoms with Gasteiger partial charge in [0.15, 0.2) is 0 Å². The molecule has 0 aromatic heterocycles. The Kier molecular flexibility index (Phi) is 6.14. The number of urea groups is 1. The molecule has 1 saturated heterocycles. The predicted molar refractivity (Wildman–Crippen MR) is 103 cm³/mol. The molecule has 3 rings (SSSR count). The number of hydrogen-bond donors (Lipinski definition) is 1. The topological polar surface area (TPSA) is 71.1 Å². The van der Waals surface area contributed by atoms with Crippen molar-refractivity contribution in [1.82, 2.24) is 4.90 Å². The summed E-state index contributed by atoms with van der Waals surface area (Å²) in [5.74, 6) is 0.364. The number of piperazine rings is 1. The van der Waals surface area contributed by atoms with Crippen LogP contribution in [0.3, 0.4) is 0 Å². The molecule has 142 valence electrons. The van der Waals surface area contributed by atoms with Gasteiger partial charge in [0.25, 0.3) is 0 Å². The summed E-state index contributed by atoms with van der Waals surface area (Å²) in [6, 6.07) is 16.6. The monoisotopic (exact) mass is 369 g/mol. The molecule has 1 aliphatic rings. The highest BCUT2D eigenvalue weighted by Gasteiger charge is 2.21. The van der Waals surface area contributed by atoms with Crippen molar-refractivity contribution < 1.29 is 19.1 Å². The zero-order valence-electron chi connectivity index (χ0n) is 15.3. The van der Waals surface area contributed by atoms with Crippen LogP contribution in [0.25, 0.3) is 0 Å². The summed E-state index contributed by atoms with van der Waals surface area (Å²) in [5, 5.41) is 2.87. The summed E-state index contributed by atoms with van der Waals surface area (Å²) < 4.78 is 9.71. The van der Waals surface area contributed by atoms with Crippen molar-refractivity contribution in [2.24, 2.45) is 0 Å². The van der Waals surface area contributed by atoms with E-state index in [1.807, 2.05) is 18.2 Å². The molecule has 0 unspecified atom stereocenters. The molecule has 27 heavy (non-hydrogen) atoms. The molecule has 0 bridgehead atoms. The SMILES string of the molecule is CCOC(=O)Oc1ccc(NC(=O)N2CCN(c3ccccc3)CC2)cc1.